The van der Waals surface area contributed by atoms with Crippen molar-refractivity contribution in [3.8, 4) is 11.5 Å². The van der Waals surface area contributed by atoms with Crippen LogP contribution in [0.2, 0.25) is 0 Å². The topological polar surface area (TPSA) is 106 Å². The van der Waals surface area contributed by atoms with E-state index in [2.05, 4.69) is 5.10 Å². The van der Waals surface area contributed by atoms with Crippen molar-refractivity contribution in [1.82, 2.24) is 5.01 Å². The molecule has 1 N–H and O–H groups in total. The highest BCUT2D eigenvalue weighted by atomic mass is 127. The third-order valence-corrected chi connectivity index (χ3v) is 4.49. The number of imide groups is 1. The van der Waals surface area contributed by atoms with Crippen molar-refractivity contribution in [3.63, 3.8) is 0 Å². The van der Waals surface area contributed by atoms with Crippen LogP contribution < -0.4 is 9.47 Å². The Kier molecular flexibility index (Phi) is 5.40. The number of hydrogen-bond acceptors (Lipinski definition) is 6. The Hall–Kier alpha value is -2.95. The lowest BCUT2D eigenvalue weighted by Crippen LogP contribution is -2.24. The number of carbonyl (C=O) groups excluding carboxylic acids is 2. The molecule has 2 amide bonds. The molecule has 9 heteroatoms. The molecule has 27 heavy (non-hydrogen) atoms. The Morgan fingerprint density at radius 3 is 2.41 bits per heavy atom. The quantitative estimate of drug-likeness (QED) is 0.387. The van der Waals surface area contributed by atoms with Crippen molar-refractivity contribution >= 4 is 46.6 Å². The van der Waals surface area contributed by atoms with Crippen LogP contribution in [0.3, 0.4) is 0 Å². The van der Waals surface area contributed by atoms with Crippen molar-refractivity contribution in [1.29, 1.82) is 0 Å². The molecule has 0 aromatic heterocycles. The lowest BCUT2D eigenvalue weighted by atomic mass is 10.1. The first-order valence-corrected chi connectivity index (χ1v) is 8.74. The Morgan fingerprint density at radius 2 is 1.85 bits per heavy atom. The monoisotopic (exact) mass is 480 g/mol. The number of hydrazone groups is 1. The van der Waals surface area contributed by atoms with E-state index in [-0.39, 0.29) is 0 Å². The van der Waals surface area contributed by atoms with Crippen molar-refractivity contribution in [2.75, 3.05) is 13.7 Å². The molecule has 0 fully saturated rings. The van der Waals surface area contributed by atoms with Gasteiger partial charge in [0.05, 0.1) is 28.0 Å². The standard InChI is InChI=1S/C18H13IN2O6/c1-26-14-7-10(6-13(19)16(14)27-9-15(22)23)8-20-21-17(24)11-4-2-3-5-12(11)18(21)25/h2-8H,9H2,1H3,(H,22,23). The highest BCUT2D eigenvalue weighted by Gasteiger charge is 2.35. The van der Waals surface area contributed by atoms with Crippen LogP contribution in [0.5, 0.6) is 11.5 Å². The number of halogens is 1. The fourth-order valence-electron chi connectivity index (χ4n) is 2.49. The summed E-state index contributed by atoms with van der Waals surface area (Å²) in [4.78, 5) is 35.3. The van der Waals surface area contributed by atoms with E-state index in [4.69, 9.17) is 14.6 Å². The summed E-state index contributed by atoms with van der Waals surface area (Å²) in [5.74, 6) is -1.49. The minimum Gasteiger partial charge on any atom is -0.493 e. The van der Waals surface area contributed by atoms with Gasteiger partial charge in [0.15, 0.2) is 18.1 Å². The van der Waals surface area contributed by atoms with E-state index in [0.717, 1.165) is 5.01 Å². The van der Waals surface area contributed by atoms with Gasteiger partial charge >= 0.3 is 5.97 Å². The maximum absolute atomic E-state index is 12.3. The van der Waals surface area contributed by atoms with E-state index in [1.165, 1.54) is 13.3 Å². The van der Waals surface area contributed by atoms with E-state index in [9.17, 15) is 14.4 Å². The van der Waals surface area contributed by atoms with E-state index in [0.29, 0.717) is 31.8 Å². The van der Waals surface area contributed by atoms with Crippen LogP contribution in [0.4, 0.5) is 0 Å². The Bertz CT molecular complexity index is 937. The van der Waals surface area contributed by atoms with Crippen LogP contribution >= 0.6 is 22.6 Å². The van der Waals surface area contributed by atoms with Gasteiger partial charge in [0, 0.05) is 0 Å². The normalized spacial score (nSPS) is 13.2. The number of ether oxygens (including phenoxy) is 2. The number of benzene rings is 2. The van der Waals surface area contributed by atoms with Gasteiger partial charge in [-0.1, -0.05) is 12.1 Å². The van der Waals surface area contributed by atoms with Gasteiger partial charge in [-0.25, -0.2) is 4.79 Å². The highest BCUT2D eigenvalue weighted by Crippen LogP contribution is 2.33. The van der Waals surface area contributed by atoms with E-state index >= 15 is 0 Å². The zero-order valence-corrected chi connectivity index (χ0v) is 16.2. The summed E-state index contributed by atoms with van der Waals surface area (Å²) in [6, 6.07) is 9.75. The molecule has 2 aromatic rings. The Balaban J connectivity index is 1.86. The van der Waals surface area contributed by atoms with Crippen molar-refractivity contribution in [2.45, 2.75) is 0 Å². The fraction of sp³-hybridized carbons (Fsp3) is 0.111. The second-order valence-electron chi connectivity index (χ2n) is 5.43. The summed E-state index contributed by atoms with van der Waals surface area (Å²) < 4.78 is 11.1. The first-order valence-electron chi connectivity index (χ1n) is 7.66. The van der Waals surface area contributed by atoms with Crippen molar-refractivity contribution < 1.29 is 29.0 Å². The average molecular weight is 480 g/mol. The number of carbonyl (C=O) groups is 3. The van der Waals surface area contributed by atoms with E-state index in [1.807, 2.05) is 22.6 Å². The highest BCUT2D eigenvalue weighted by molar-refractivity contribution is 14.1. The van der Waals surface area contributed by atoms with Crippen LogP contribution in [0, 0.1) is 3.57 Å². The number of amides is 2. The summed E-state index contributed by atoms with van der Waals surface area (Å²) in [7, 11) is 1.42. The fourth-order valence-corrected chi connectivity index (χ4v) is 3.28. The minimum absolute atomic E-state index is 0.290. The summed E-state index contributed by atoms with van der Waals surface area (Å²) >= 11 is 1.97. The van der Waals surface area contributed by atoms with Gasteiger partial charge in [0.2, 0.25) is 0 Å². The largest absolute Gasteiger partial charge is 0.493 e. The third kappa shape index (κ3) is 3.77. The lowest BCUT2D eigenvalue weighted by Gasteiger charge is -2.12. The van der Waals surface area contributed by atoms with Crippen LogP contribution in [0.1, 0.15) is 26.3 Å². The number of carboxylic acids is 1. The predicted octanol–water partition coefficient (Wildman–Crippen LogP) is 2.39. The molecule has 1 aliphatic rings. The number of carboxylic acid groups (broad SMARTS) is 1. The molecule has 0 atom stereocenters. The number of methoxy groups -OCH3 is 1. The van der Waals surface area contributed by atoms with Gasteiger partial charge in [-0.15, -0.1) is 0 Å². The van der Waals surface area contributed by atoms with Gasteiger partial charge in [-0.05, 0) is 52.4 Å². The number of fused-ring (bicyclic) bond motifs is 1. The molecule has 0 radical (unpaired) electrons. The first-order chi connectivity index (χ1) is 12.9. The number of rotatable bonds is 6. The second kappa shape index (κ2) is 7.74. The molecule has 0 saturated heterocycles. The minimum atomic E-state index is -1.11. The molecule has 138 valence electrons. The van der Waals surface area contributed by atoms with Crippen molar-refractivity contribution in [3.05, 3.63) is 56.7 Å². The molecule has 2 aromatic carbocycles. The average Bonchev–Trinajstić information content (AvgIpc) is 2.89. The summed E-state index contributed by atoms with van der Waals surface area (Å²) in [5.41, 5.74) is 1.17. The molecular formula is C18H13IN2O6. The molecule has 8 nitrogen and oxygen atoms in total. The Morgan fingerprint density at radius 1 is 1.22 bits per heavy atom. The van der Waals surface area contributed by atoms with Crippen LogP contribution in [-0.2, 0) is 4.79 Å². The summed E-state index contributed by atoms with van der Waals surface area (Å²) in [5, 5.41) is 13.6. The molecule has 0 bridgehead atoms. The molecule has 1 heterocycles. The summed E-state index contributed by atoms with van der Waals surface area (Å²) in [6.45, 7) is -0.505. The molecule has 3 rings (SSSR count). The lowest BCUT2D eigenvalue weighted by molar-refractivity contribution is -0.139. The van der Waals surface area contributed by atoms with Crippen LogP contribution in [0.25, 0.3) is 0 Å². The Labute approximate surface area is 167 Å². The van der Waals surface area contributed by atoms with Crippen LogP contribution in [0.15, 0.2) is 41.5 Å². The van der Waals surface area contributed by atoms with Crippen LogP contribution in [-0.4, -0.2) is 47.8 Å². The van der Waals surface area contributed by atoms with Crippen molar-refractivity contribution in [2.24, 2.45) is 5.10 Å². The SMILES string of the molecule is COc1cc(C=NN2C(=O)c3ccccc3C2=O)cc(I)c1OCC(=O)O. The third-order valence-electron chi connectivity index (χ3n) is 3.69. The molecule has 1 aliphatic heterocycles. The maximum atomic E-state index is 12.3. The van der Waals surface area contributed by atoms with Gasteiger partial charge in [-0.2, -0.15) is 10.1 Å². The van der Waals surface area contributed by atoms with Gasteiger partial charge in [0.1, 0.15) is 0 Å². The summed E-state index contributed by atoms with van der Waals surface area (Å²) in [6.07, 6.45) is 1.35. The van der Waals surface area contributed by atoms with Gasteiger partial charge < -0.3 is 14.6 Å². The molecular weight excluding hydrogens is 467 g/mol. The first kappa shape index (κ1) is 18.8. The van der Waals surface area contributed by atoms with Gasteiger partial charge in [0.25, 0.3) is 11.8 Å². The zero-order chi connectivity index (χ0) is 19.6. The van der Waals surface area contributed by atoms with E-state index in [1.54, 1.807) is 36.4 Å². The smallest absolute Gasteiger partial charge is 0.341 e. The second-order valence-corrected chi connectivity index (χ2v) is 6.59. The molecule has 0 aliphatic carbocycles. The van der Waals surface area contributed by atoms with Gasteiger partial charge in [-0.3, -0.25) is 9.59 Å². The number of aliphatic carboxylic acids is 1. The predicted molar refractivity (Wildman–Crippen MR) is 103 cm³/mol. The molecule has 0 unspecified atom stereocenters. The number of hydrogen-bond donors (Lipinski definition) is 1. The number of nitrogens with zero attached hydrogens (tertiary/aromatic N) is 2. The molecule has 0 saturated carbocycles. The maximum Gasteiger partial charge on any atom is 0.341 e. The molecule has 0 spiro atoms. The zero-order valence-electron chi connectivity index (χ0n) is 14.0. The van der Waals surface area contributed by atoms with E-state index < -0.39 is 24.4 Å².